The predicted molar refractivity (Wildman–Crippen MR) is 75.5 cm³/mol. The van der Waals surface area contributed by atoms with Gasteiger partial charge in [-0.15, -0.1) is 0 Å². The van der Waals surface area contributed by atoms with Gasteiger partial charge in [0.05, 0.1) is 11.0 Å². The van der Waals surface area contributed by atoms with Crippen LogP contribution in [0.4, 0.5) is 0 Å². The largest absolute Gasteiger partial charge is 0.297 e. The standard InChI is InChI=1S/C15H22O3S/c1-12-8-10-15(11-9-12)19(16,17)18-13(2)14-6-4-3-5-7-14/h8-11,13-14H,3-7H2,1-2H3. The van der Waals surface area contributed by atoms with Crippen LogP contribution in [0, 0.1) is 12.8 Å². The van der Waals surface area contributed by atoms with Gasteiger partial charge in [-0.1, -0.05) is 37.0 Å². The maximum Gasteiger partial charge on any atom is 0.297 e. The Morgan fingerprint density at radius 1 is 1.11 bits per heavy atom. The first-order valence-corrected chi connectivity index (χ1v) is 8.40. The highest BCUT2D eigenvalue weighted by atomic mass is 32.2. The molecule has 1 fully saturated rings. The molecule has 1 aliphatic carbocycles. The third-order valence-electron chi connectivity index (χ3n) is 3.90. The molecule has 0 aliphatic heterocycles. The summed E-state index contributed by atoms with van der Waals surface area (Å²) in [5, 5.41) is 0. The summed E-state index contributed by atoms with van der Waals surface area (Å²) in [7, 11) is -3.63. The van der Waals surface area contributed by atoms with E-state index in [2.05, 4.69) is 0 Å². The first kappa shape index (κ1) is 14.5. The Kier molecular flexibility index (Phi) is 4.63. The molecule has 0 amide bonds. The molecule has 0 spiro atoms. The van der Waals surface area contributed by atoms with Crippen molar-refractivity contribution in [3.8, 4) is 0 Å². The SMILES string of the molecule is Cc1ccc(S(=O)(=O)OC(C)C2CCCCC2)cc1. The van der Waals surface area contributed by atoms with Gasteiger partial charge in [-0.25, -0.2) is 0 Å². The maximum absolute atomic E-state index is 12.2. The van der Waals surface area contributed by atoms with Crippen LogP contribution in [-0.4, -0.2) is 14.5 Å². The summed E-state index contributed by atoms with van der Waals surface area (Å²) in [5.74, 6) is 0.369. The van der Waals surface area contributed by atoms with Crippen LogP contribution in [0.15, 0.2) is 29.2 Å². The topological polar surface area (TPSA) is 43.4 Å². The number of aryl methyl sites for hydroxylation is 1. The molecular formula is C15H22O3S. The molecule has 0 bridgehead atoms. The molecule has 1 aromatic carbocycles. The molecule has 1 atom stereocenters. The van der Waals surface area contributed by atoms with Gasteiger partial charge in [-0.3, -0.25) is 4.18 Å². The fourth-order valence-corrected chi connectivity index (χ4v) is 3.78. The molecule has 4 heteroatoms. The molecule has 0 heterocycles. The molecule has 0 N–H and O–H groups in total. The Morgan fingerprint density at radius 3 is 2.26 bits per heavy atom. The first-order chi connectivity index (χ1) is 8.99. The first-order valence-electron chi connectivity index (χ1n) is 6.99. The minimum Gasteiger partial charge on any atom is -0.263 e. The summed E-state index contributed by atoms with van der Waals surface area (Å²) in [4.78, 5) is 0.251. The Balaban J connectivity index is 2.05. The van der Waals surface area contributed by atoms with E-state index in [1.807, 2.05) is 13.8 Å². The molecule has 106 valence electrons. The molecule has 1 aliphatic rings. The minimum atomic E-state index is -3.63. The van der Waals surface area contributed by atoms with Crippen LogP contribution in [0.3, 0.4) is 0 Å². The number of hydrogen-bond donors (Lipinski definition) is 0. The van der Waals surface area contributed by atoms with Crippen LogP contribution < -0.4 is 0 Å². The van der Waals surface area contributed by atoms with Crippen molar-refractivity contribution in [2.45, 2.75) is 57.0 Å². The van der Waals surface area contributed by atoms with Crippen LogP contribution in [0.2, 0.25) is 0 Å². The Bertz CT molecular complexity index is 499. The van der Waals surface area contributed by atoms with Crippen molar-refractivity contribution in [3.05, 3.63) is 29.8 Å². The fraction of sp³-hybridized carbons (Fsp3) is 0.600. The van der Waals surface area contributed by atoms with Gasteiger partial charge < -0.3 is 0 Å². The zero-order valence-corrected chi connectivity index (χ0v) is 12.4. The van der Waals surface area contributed by atoms with E-state index in [0.29, 0.717) is 5.92 Å². The van der Waals surface area contributed by atoms with Crippen LogP contribution in [0.1, 0.15) is 44.6 Å². The summed E-state index contributed by atoms with van der Waals surface area (Å²) in [6.45, 7) is 3.81. The number of hydrogen-bond acceptors (Lipinski definition) is 3. The molecule has 0 saturated heterocycles. The van der Waals surface area contributed by atoms with Crippen molar-refractivity contribution < 1.29 is 12.6 Å². The lowest BCUT2D eigenvalue weighted by Gasteiger charge is -2.27. The van der Waals surface area contributed by atoms with Crippen molar-refractivity contribution in [1.82, 2.24) is 0 Å². The van der Waals surface area contributed by atoms with Crippen LogP contribution in [-0.2, 0) is 14.3 Å². The van der Waals surface area contributed by atoms with Crippen molar-refractivity contribution >= 4 is 10.1 Å². The van der Waals surface area contributed by atoms with Crippen LogP contribution >= 0.6 is 0 Å². The Hall–Kier alpha value is -0.870. The second-order valence-corrected chi connectivity index (χ2v) is 7.04. The summed E-state index contributed by atoms with van der Waals surface area (Å²) < 4.78 is 29.7. The van der Waals surface area contributed by atoms with Crippen molar-refractivity contribution in [2.24, 2.45) is 5.92 Å². The van der Waals surface area contributed by atoms with E-state index < -0.39 is 10.1 Å². The van der Waals surface area contributed by atoms with Gasteiger partial charge in [-0.05, 0) is 44.7 Å². The summed E-state index contributed by atoms with van der Waals surface area (Å²) in [6.07, 6.45) is 5.54. The highest BCUT2D eigenvalue weighted by molar-refractivity contribution is 7.86. The maximum atomic E-state index is 12.2. The normalized spacial score (nSPS) is 19.3. The van der Waals surface area contributed by atoms with E-state index in [1.165, 1.54) is 19.3 Å². The monoisotopic (exact) mass is 282 g/mol. The molecule has 1 saturated carbocycles. The molecule has 1 aromatic rings. The van der Waals surface area contributed by atoms with E-state index in [0.717, 1.165) is 18.4 Å². The van der Waals surface area contributed by atoms with Crippen LogP contribution in [0.5, 0.6) is 0 Å². The molecule has 0 radical (unpaired) electrons. The average Bonchev–Trinajstić information content (AvgIpc) is 2.40. The van der Waals surface area contributed by atoms with E-state index in [-0.39, 0.29) is 11.0 Å². The van der Waals surface area contributed by atoms with Crippen LogP contribution in [0.25, 0.3) is 0 Å². The molecule has 2 rings (SSSR count). The van der Waals surface area contributed by atoms with Gasteiger partial charge in [-0.2, -0.15) is 8.42 Å². The molecule has 0 aromatic heterocycles. The summed E-state index contributed by atoms with van der Waals surface area (Å²) in [6, 6.07) is 6.81. The quantitative estimate of drug-likeness (QED) is 0.791. The Labute approximate surface area is 116 Å². The van der Waals surface area contributed by atoms with Gasteiger partial charge in [0, 0.05) is 0 Å². The summed E-state index contributed by atoms with van der Waals surface area (Å²) in [5.41, 5.74) is 1.04. The molecule has 19 heavy (non-hydrogen) atoms. The van der Waals surface area contributed by atoms with Gasteiger partial charge in [0.25, 0.3) is 10.1 Å². The molecule has 3 nitrogen and oxygen atoms in total. The minimum absolute atomic E-state index is 0.230. The third-order valence-corrected chi connectivity index (χ3v) is 5.31. The van der Waals surface area contributed by atoms with Crippen molar-refractivity contribution in [2.75, 3.05) is 0 Å². The number of rotatable bonds is 4. The zero-order valence-electron chi connectivity index (χ0n) is 11.6. The zero-order chi connectivity index (χ0) is 13.9. The highest BCUT2D eigenvalue weighted by Gasteiger charge is 2.26. The smallest absolute Gasteiger partial charge is 0.263 e. The Morgan fingerprint density at radius 2 is 1.68 bits per heavy atom. The lowest BCUT2D eigenvalue weighted by atomic mass is 9.86. The lowest BCUT2D eigenvalue weighted by molar-refractivity contribution is 0.130. The second kappa shape index (κ2) is 6.06. The fourth-order valence-electron chi connectivity index (χ4n) is 2.64. The number of benzene rings is 1. The highest BCUT2D eigenvalue weighted by Crippen LogP contribution is 2.29. The molecular weight excluding hydrogens is 260 g/mol. The van der Waals surface area contributed by atoms with Crippen molar-refractivity contribution in [1.29, 1.82) is 0 Å². The predicted octanol–water partition coefficient (Wildman–Crippen LogP) is 3.67. The van der Waals surface area contributed by atoms with E-state index in [1.54, 1.807) is 24.3 Å². The second-order valence-electron chi connectivity index (χ2n) is 5.47. The average molecular weight is 282 g/mol. The van der Waals surface area contributed by atoms with Gasteiger partial charge >= 0.3 is 0 Å². The lowest BCUT2D eigenvalue weighted by Crippen LogP contribution is -2.26. The van der Waals surface area contributed by atoms with Gasteiger partial charge in [0.2, 0.25) is 0 Å². The van der Waals surface area contributed by atoms with E-state index in [9.17, 15) is 8.42 Å². The third kappa shape index (κ3) is 3.80. The van der Waals surface area contributed by atoms with E-state index in [4.69, 9.17) is 4.18 Å². The van der Waals surface area contributed by atoms with Gasteiger partial charge in [0.15, 0.2) is 0 Å². The summed E-state index contributed by atoms with van der Waals surface area (Å²) >= 11 is 0. The molecule has 1 unspecified atom stereocenters. The van der Waals surface area contributed by atoms with Gasteiger partial charge in [0.1, 0.15) is 0 Å². The van der Waals surface area contributed by atoms with Crippen molar-refractivity contribution in [3.63, 3.8) is 0 Å². The van der Waals surface area contributed by atoms with E-state index >= 15 is 0 Å².